The lowest BCUT2D eigenvalue weighted by molar-refractivity contribution is 0.457. The first-order valence-corrected chi connectivity index (χ1v) is 3.80. The molecule has 0 nitrogen and oxygen atoms in total. The normalized spacial score (nSPS) is 33.1. The van der Waals surface area contributed by atoms with Gasteiger partial charge in [-0.15, -0.1) is 13.2 Å². The second-order valence-electron chi connectivity index (χ2n) is 2.89. The molecule has 0 aromatic carbocycles. The summed E-state index contributed by atoms with van der Waals surface area (Å²) in [5.74, 6) is 2.03. The molecule has 0 aromatic heterocycles. The van der Waals surface area contributed by atoms with Gasteiger partial charge in [0.1, 0.15) is 0 Å². The van der Waals surface area contributed by atoms with Crippen LogP contribution in [0, 0.1) is 11.8 Å². The molecule has 0 saturated heterocycles. The summed E-state index contributed by atoms with van der Waals surface area (Å²) in [6.45, 7) is 10.7. The van der Waals surface area contributed by atoms with E-state index in [1.54, 1.807) is 0 Å². The molecule has 0 aliphatic heterocycles. The highest BCUT2D eigenvalue weighted by Gasteiger charge is 2.17. The van der Waals surface area contributed by atoms with Gasteiger partial charge in [-0.1, -0.05) is 33.1 Å². The highest BCUT2D eigenvalue weighted by molar-refractivity contribution is 4.69. The van der Waals surface area contributed by atoms with Gasteiger partial charge < -0.3 is 0 Å². The van der Waals surface area contributed by atoms with Crippen LogP contribution >= 0.6 is 0 Å². The van der Waals surface area contributed by atoms with Crippen molar-refractivity contribution in [1.82, 2.24) is 0 Å². The van der Waals surface area contributed by atoms with E-state index in [2.05, 4.69) is 27.0 Å². The fraction of sp³-hybridized carbons (Fsp3) is 0.778. The maximum Gasteiger partial charge on any atom is -0.0417 e. The Labute approximate surface area is 59.0 Å². The van der Waals surface area contributed by atoms with Crippen molar-refractivity contribution in [2.24, 2.45) is 11.8 Å². The second-order valence-corrected chi connectivity index (χ2v) is 2.89. The van der Waals surface area contributed by atoms with E-state index in [1.165, 1.54) is 19.3 Å². The molecule has 0 heteroatoms. The summed E-state index contributed by atoms with van der Waals surface area (Å²) in [6.07, 6.45) is 4.42. The molecular formula is C9H18. The summed E-state index contributed by atoms with van der Waals surface area (Å²) >= 11 is 0. The second kappa shape index (κ2) is 4.60. The maximum absolute atomic E-state index is 3.00. The average Bonchev–Trinajstić information content (AvgIpc) is 2.23. The summed E-state index contributed by atoms with van der Waals surface area (Å²) in [7, 11) is 0. The fourth-order valence-electron chi connectivity index (χ4n) is 1.33. The van der Waals surface area contributed by atoms with Crippen LogP contribution in [-0.2, 0) is 0 Å². The topological polar surface area (TPSA) is 0 Å². The van der Waals surface area contributed by atoms with Crippen LogP contribution in [0.1, 0.15) is 33.1 Å². The lowest BCUT2D eigenvalue weighted by Gasteiger charge is -2.05. The van der Waals surface area contributed by atoms with Crippen molar-refractivity contribution in [1.29, 1.82) is 0 Å². The predicted octanol–water partition coefficient (Wildman–Crippen LogP) is 3.24. The highest BCUT2D eigenvalue weighted by atomic mass is 14.2. The van der Waals surface area contributed by atoms with Gasteiger partial charge in [0.15, 0.2) is 0 Å². The van der Waals surface area contributed by atoms with Crippen LogP contribution in [0.2, 0.25) is 0 Å². The van der Waals surface area contributed by atoms with E-state index in [0.29, 0.717) is 0 Å². The van der Waals surface area contributed by atoms with Gasteiger partial charge in [0.05, 0.1) is 0 Å². The van der Waals surface area contributed by atoms with Crippen LogP contribution in [0.5, 0.6) is 0 Å². The molecule has 9 heavy (non-hydrogen) atoms. The smallest absolute Gasteiger partial charge is 0.0417 e. The molecule has 0 radical (unpaired) electrons. The van der Waals surface area contributed by atoms with Crippen LogP contribution < -0.4 is 0 Å². The zero-order chi connectivity index (χ0) is 7.28. The molecule has 1 fully saturated rings. The average molecular weight is 126 g/mol. The minimum Gasteiger partial charge on any atom is -0.106 e. The largest absolute Gasteiger partial charge is 0.106 e. The van der Waals surface area contributed by atoms with Crippen LogP contribution in [0.3, 0.4) is 0 Å². The van der Waals surface area contributed by atoms with Gasteiger partial charge in [0.2, 0.25) is 0 Å². The first kappa shape index (κ1) is 8.74. The van der Waals surface area contributed by atoms with Gasteiger partial charge in [0, 0.05) is 0 Å². The third-order valence-corrected chi connectivity index (χ3v) is 2.29. The molecule has 0 spiro atoms. The molecule has 0 N–H and O–H groups in total. The Hall–Kier alpha value is -0.260. The van der Waals surface area contributed by atoms with Gasteiger partial charge in [-0.25, -0.2) is 0 Å². The van der Waals surface area contributed by atoms with Gasteiger partial charge in [-0.3, -0.25) is 0 Å². The highest BCUT2D eigenvalue weighted by Crippen LogP contribution is 2.29. The van der Waals surface area contributed by atoms with Crippen LogP contribution in [0.25, 0.3) is 0 Å². The Kier molecular flexibility index (Phi) is 4.47. The molecule has 1 aliphatic rings. The Morgan fingerprint density at radius 3 is 1.44 bits per heavy atom. The summed E-state index contributed by atoms with van der Waals surface area (Å²) in [6, 6.07) is 0. The van der Waals surface area contributed by atoms with E-state index in [1.807, 2.05) is 0 Å². The van der Waals surface area contributed by atoms with Crippen LogP contribution in [0.4, 0.5) is 0 Å². The van der Waals surface area contributed by atoms with Gasteiger partial charge >= 0.3 is 0 Å². The number of rotatable bonds is 0. The standard InChI is InChI=1S/C7H14.C2H4/c1-6-4-3-5-7(6)2;1-2/h6-7H,3-5H2,1-2H3;1-2H2. The molecule has 0 bridgehead atoms. The molecule has 0 heterocycles. The third kappa shape index (κ3) is 2.69. The van der Waals surface area contributed by atoms with Gasteiger partial charge in [-0.05, 0) is 11.8 Å². The van der Waals surface area contributed by atoms with E-state index in [-0.39, 0.29) is 0 Å². The summed E-state index contributed by atoms with van der Waals surface area (Å²) < 4.78 is 0. The van der Waals surface area contributed by atoms with Crippen molar-refractivity contribution >= 4 is 0 Å². The molecule has 2 atom stereocenters. The molecule has 1 rings (SSSR count). The van der Waals surface area contributed by atoms with E-state index >= 15 is 0 Å². The molecule has 54 valence electrons. The van der Waals surface area contributed by atoms with Gasteiger partial charge in [0.25, 0.3) is 0 Å². The van der Waals surface area contributed by atoms with E-state index in [9.17, 15) is 0 Å². The SMILES string of the molecule is C=C.CC1CCCC1C. The number of hydrogen-bond donors (Lipinski definition) is 0. The van der Waals surface area contributed by atoms with Crippen molar-refractivity contribution in [3.05, 3.63) is 13.2 Å². The minimum atomic E-state index is 1.01. The molecule has 2 unspecified atom stereocenters. The van der Waals surface area contributed by atoms with Crippen molar-refractivity contribution < 1.29 is 0 Å². The van der Waals surface area contributed by atoms with Crippen molar-refractivity contribution in [3.8, 4) is 0 Å². The Morgan fingerprint density at radius 1 is 1.00 bits per heavy atom. The summed E-state index contributed by atoms with van der Waals surface area (Å²) in [5.41, 5.74) is 0. The monoisotopic (exact) mass is 126 g/mol. The first-order valence-electron chi connectivity index (χ1n) is 3.80. The zero-order valence-corrected chi connectivity index (χ0v) is 6.69. The molecule has 1 saturated carbocycles. The lowest BCUT2D eigenvalue weighted by atomic mass is 10.0. The zero-order valence-electron chi connectivity index (χ0n) is 6.69. The lowest BCUT2D eigenvalue weighted by Crippen LogP contribution is -1.95. The molecule has 1 aliphatic carbocycles. The quantitative estimate of drug-likeness (QED) is 0.437. The van der Waals surface area contributed by atoms with E-state index in [4.69, 9.17) is 0 Å². The molecule has 0 aromatic rings. The fourth-order valence-corrected chi connectivity index (χ4v) is 1.33. The molecular weight excluding hydrogens is 108 g/mol. The van der Waals surface area contributed by atoms with Crippen LogP contribution in [0.15, 0.2) is 13.2 Å². The summed E-state index contributed by atoms with van der Waals surface area (Å²) in [4.78, 5) is 0. The number of hydrogen-bond acceptors (Lipinski definition) is 0. The Bertz CT molecular complexity index is 58.4. The first-order chi connectivity index (χ1) is 4.30. The molecule has 0 amide bonds. The third-order valence-electron chi connectivity index (χ3n) is 2.29. The van der Waals surface area contributed by atoms with Crippen LogP contribution in [-0.4, -0.2) is 0 Å². The Balaban J connectivity index is 0.000000291. The minimum absolute atomic E-state index is 1.01. The van der Waals surface area contributed by atoms with Crippen molar-refractivity contribution in [2.75, 3.05) is 0 Å². The van der Waals surface area contributed by atoms with Crippen molar-refractivity contribution in [3.63, 3.8) is 0 Å². The van der Waals surface area contributed by atoms with E-state index < -0.39 is 0 Å². The Morgan fingerprint density at radius 2 is 1.33 bits per heavy atom. The van der Waals surface area contributed by atoms with Crippen molar-refractivity contribution in [2.45, 2.75) is 33.1 Å². The maximum atomic E-state index is 3.00. The summed E-state index contributed by atoms with van der Waals surface area (Å²) in [5, 5.41) is 0. The van der Waals surface area contributed by atoms with Gasteiger partial charge in [-0.2, -0.15) is 0 Å². The predicted molar refractivity (Wildman–Crippen MR) is 43.4 cm³/mol. The van der Waals surface area contributed by atoms with E-state index in [0.717, 1.165) is 11.8 Å².